The molecule has 5 nitrogen and oxygen atoms in total. The number of hydrogen-bond acceptors (Lipinski definition) is 4. The molecule has 4 N–H and O–H groups in total. The molecular weight excluding hydrogens is 357 g/mol. The monoisotopic (exact) mass is 379 g/mol. The number of methoxy groups -OCH3 is 1. The average Bonchev–Trinajstić information content (AvgIpc) is 3.08. The fraction of sp³-hybridized carbons (Fsp3) is 0.227. The molecule has 4 aromatic rings. The van der Waals surface area contributed by atoms with Crippen LogP contribution in [0.3, 0.4) is 0 Å². The second-order valence-electron chi connectivity index (χ2n) is 6.82. The highest BCUT2D eigenvalue weighted by molar-refractivity contribution is 6.10. The molecule has 4 rings (SSSR count). The number of benzene rings is 2. The first kappa shape index (κ1) is 18.3. The van der Waals surface area contributed by atoms with E-state index in [1.807, 2.05) is 30.3 Å². The van der Waals surface area contributed by atoms with Crippen molar-refractivity contribution in [1.82, 2.24) is 9.97 Å². The van der Waals surface area contributed by atoms with Crippen molar-refractivity contribution in [3.8, 4) is 5.75 Å². The van der Waals surface area contributed by atoms with Gasteiger partial charge in [-0.2, -0.15) is 0 Å². The Morgan fingerprint density at radius 2 is 2.04 bits per heavy atom. The van der Waals surface area contributed by atoms with E-state index < -0.39 is 5.82 Å². The molecule has 0 bridgehead atoms. The van der Waals surface area contributed by atoms with Gasteiger partial charge in [0.15, 0.2) is 11.6 Å². The van der Waals surface area contributed by atoms with Crippen molar-refractivity contribution >= 4 is 27.6 Å². The first-order valence-corrected chi connectivity index (χ1v) is 9.23. The molecule has 0 fully saturated rings. The Hall–Kier alpha value is -3.12. The van der Waals surface area contributed by atoms with E-state index in [0.717, 1.165) is 38.6 Å². The highest BCUT2D eigenvalue weighted by atomic mass is 19.1. The zero-order chi connectivity index (χ0) is 19.7. The minimum Gasteiger partial charge on any atom is -0.494 e. The lowest BCUT2D eigenvalue weighted by Crippen LogP contribution is -2.05. The number of aromatic nitrogens is 2. The van der Waals surface area contributed by atoms with Gasteiger partial charge in [-0.05, 0) is 36.6 Å². The lowest BCUT2D eigenvalue weighted by Gasteiger charge is -2.11. The number of anilines is 1. The largest absolute Gasteiger partial charge is 0.494 e. The fourth-order valence-electron chi connectivity index (χ4n) is 3.72. The lowest BCUT2D eigenvalue weighted by molar-refractivity contribution is 0.289. The van der Waals surface area contributed by atoms with Gasteiger partial charge in [0.25, 0.3) is 0 Å². The van der Waals surface area contributed by atoms with E-state index in [1.54, 1.807) is 6.07 Å². The summed E-state index contributed by atoms with van der Waals surface area (Å²) in [6, 6.07) is 12.9. The van der Waals surface area contributed by atoms with Crippen LogP contribution in [0.1, 0.15) is 23.2 Å². The highest BCUT2D eigenvalue weighted by Gasteiger charge is 2.17. The first-order valence-electron chi connectivity index (χ1n) is 9.23. The molecule has 0 saturated carbocycles. The van der Waals surface area contributed by atoms with Crippen LogP contribution in [0.5, 0.6) is 5.75 Å². The summed E-state index contributed by atoms with van der Waals surface area (Å²) < 4.78 is 19.1. The number of hydrogen-bond donors (Lipinski definition) is 3. The fourth-order valence-corrected chi connectivity index (χ4v) is 3.72. The summed E-state index contributed by atoms with van der Waals surface area (Å²) in [6.45, 7) is 0.0934. The Bertz CT molecular complexity index is 1150. The van der Waals surface area contributed by atoms with Crippen molar-refractivity contribution in [3.63, 3.8) is 0 Å². The standard InChI is InChI=1S/C22H22FN3O2/c1-28-19-9-8-13(11-16(19)23)12-18-21-20(14-5-2-3-7-17(14)25-21)15(6-4-10-27)22(24)26-18/h2-3,5,7-9,11,25,27H,4,6,10,12H2,1H3,(H2,24,26). The van der Waals surface area contributed by atoms with Crippen molar-refractivity contribution in [3.05, 3.63) is 65.1 Å². The Balaban J connectivity index is 1.88. The number of aryl methyl sites for hydroxylation is 1. The average molecular weight is 379 g/mol. The third-order valence-corrected chi connectivity index (χ3v) is 5.03. The van der Waals surface area contributed by atoms with Crippen LogP contribution in [0.2, 0.25) is 0 Å². The Morgan fingerprint density at radius 1 is 1.21 bits per heavy atom. The maximum atomic E-state index is 14.1. The Morgan fingerprint density at radius 3 is 2.79 bits per heavy atom. The zero-order valence-corrected chi connectivity index (χ0v) is 15.6. The van der Waals surface area contributed by atoms with E-state index in [4.69, 9.17) is 10.5 Å². The normalized spacial score (nSPS) is 11.4. The van der Waals surface area contributed by atoms with Gasteiger partial charge in [-0.3, -0.25) is 0 Å². The van der Waals surface area contributed by atoms with Crippen LogP contribution in [-0.2, 0) is 12.8 Å². The summed E-state index contributed by atoms with van der Waals surface area (Å²) in [5, 5.41) is 11.4. The predicted octanol–water partition coefficient (Wildman–Crippen LogP) is 3.96. The van der Waals surface area contributed by atoms with Crippen molar-refractivity contribution in [2.24, 2.45) is 0 Å². The van der Waals surface area contributed by atoms with Gasteiger partial charge in [-0.25, -0.2) is 9.37 Å². The van der Waals surface area contributed by atoms with Gasteiger partial charge in [0.05, 0.1) is 18.3 Å². The number of nitrogens with two attached hydrogens (primary N) is 1. The molecule has 0 amide bonds. The second-order valence-corrected chi connectivity index (χ2v) is 6.82. The molecule has 144 valence electrons. The molecule has 0 aliphatic heterocycles. The number of H-pyrrole nitrogens is 1. The minimum atomic E-state index is -0.402. The number of fused-ring (bicyclic) bond motifs is 3. The Kier molecular flexibility index (Phi) is 4.88. The molecule has 0 aliphatic rings. The van der Waals surface area contributed by atoms with E-state index >= 15 is 0 Å². The van der Waals surface area contributed by atoms with E-state index in [-0.39, 0.29) is 12.4 Å². The number of para-hydroxylation sites is 1. The number of nitrogen functional groups attached to an aromatic ring is 1. The molecule has 2 aromatic heterocycles. The van der Waals surface area contributed by atoms with Crippen molar-refractivity contribution in [2.75, 3.05) is 19.5 Å². The molecule has 0 saturated heterocycles. The van der Waals surface area contributed by atoms with Gasteiger partial charge in [0, 0.05) is 34.9 Å². The first-order chi connectivity index (χ1) is 13.6. The number of aliphatic hydroxyl groups excluding tert-OH is 1. The van der Waals surface area contributed by atoms with Crippen LogP contribution in [0.25, 0.3) is 21.8 Å². The number of aromatic amines is 1. The number of aliphatic hydroxyl groups is 1. The third-order valence-electron chi connectivity index (χ3n) is 5.03. The number of nitrogens with zero attached hydrogens (tertiary/aromatic N) is 1. The molecule has 0 spiro atoms. The topological polar surface area (TPSA) is 84.2 Å². The molecular formula is C22H22FN3O2. The summed E-state index contributed by atoms with van der Waals surface area (Å²) >= 11 is 0. The molecule has 0 radical (unpaired) electrons. The van der Waals surface area contributed by atoms with Gasteiger partial charge in [-0.1, -0.05) is 24.3 Å². The zero-order valence-electron chi connectivity index (χ0n) is 15.6. The maximum absolute atomic E-state index is 14.1. The summed E-state index contributed by atoms with van der Waals surface area (Å²) in [5.74, 6) is 0.265. The maximum Gasteiger partial charge on any atom is 0.165 e. The van der Waals surface area contributed by atoms with Crippen LogP contribution in [-0.4, -0.2) is 28.8 Å². The molecule has 2 aromatic carbocycles. The number of rotatable bonds is 6. The molecule has 2 heterocycles. The van der Waals surface area contributed by atoms with E-state index in [2.05, 4.69) is 9.97 Å². The molecule has 0 atom stereocenters. The number of halogens is 1. The quantitative estimate of drug-likeness (QED) is 0.473. The van der Waals surface area contributed by atoms with Gasteiger partial charge < -0.3 is 20.6 Å². The van der Waals surface area contributed by atoms with Gasteiger partial charge in [0.1, 0.15) is 5.82 Å². The van der Waals surface area contributed by atoms with Crippen LogP contribution in [0, 0.1) is 5.82 Å². The molecule has 6 heteroatoms. The van der Waals surface area contributed by atoms with Crippen LogP contribution in [0.4, 0.5) is 10.2 Å². The second kappa shape index (κ2) is 7.48. The molecule has 0 aliphatic carbocycles. The molecule has 28 heavy (non-hydrogen) atoms. The van der Waals surface area contributed by atoms with E-state index in [0.29, 0.717) is 25.1 Å². The van der Waals surface area contributed by atoms with Gasteiger partial charge in [-0.15, -0.1) is 0 Å². The van der Waals surface area contributed by atoms with E-state index in [9.17, 15) is 9.50 Å². The van der Waals surface area contributed by atoms with Crippen LogP contribution in [0.15, 0.2) is 42.5 Å². The lowest BCUT2D eigenvalue weighted by atomic mass is 10.00. The van der Waals surface area contributed by atoms with Crippen molar-refractivity contribution in [2.45, 2.75) is 19.3 Å². The summed E-state index contributed by atoms with van der Waals surface area (Å²) in [6.07, 6.45) is 1.70. The van der Waals surface area contributed by atoms with Crippen LogP contribution >= 0.6 is 0 Å². The smallest absolute Gasteiger partial charge is 0.165 e. The van der Waals surface area contributed by atoms with Crippen LogP contribution < -0.4 is 10.5 Å². The van der Waals surface area contributed by atoms with Gasteiger partial charge in [0.2, 0.25) is 0 Å². The van der Waals surface area contributed by atoms with E-state index in [1.165, 1.54) is 13.2 Å². The number of ether oxygens (including phenoxy) is 1. The minimum absolute atomic E-state index is 0.0934. The molecule has 0 unspecified atom stereocenters. The van der Waals surface area contributed by atoms with Crippen molar-refractivity contribution in [1.29, 1.82) is 0 Å². The summed E-state index contributed by atoms with van der Waals surface area (Å²) in [7, 11) is 1.44. The number of pyridine rings is 1. The predicted molar refractivity (Wildman–Crippen MR) is 109 cm³/mol. The summed E-state index contributed by atoms with van der Waals surface area (Å²) in [4.78, 5) is 8.08. The summed E-state index contributed by atoms with van der Waals surface area (Å²) in [5.41, 5.74) is 10.7. The highest BCUT2D eigenvalue weighted by Crippen LogP contribution is 2.34. The third kappa shape index (κ3) is 3.16. The van der Waals surface area contributed by atoms with Crippen molar-refractivity contribution < 1.29 is 14.2 Å². The SMILES string of the molecule is COc1ccc(Cc2nc(N)c(CCCO)c3c2[nH]c2ccccc23)cc1F. The van der Waals surface area contributed by atoms with Gasteiger partial charge >= 0.3 is 0 Å². The Labute approximate surface area is 162 Å². The number of nitrogens with one attached hydrogen (secondary N) is 1.